The highest BCUT2D eigenvalue weighted by Crippen LogP contribution is 2.27. The van der Waals surface area contributed by atoms with Gasteiger partial charge in [0.25, 0.3) is 0 Å². The summed E-state index contributed by atoms with van der Waals surface area (Å²) in [5.41, 5.74) is 6.08. The predicted octanol–water partition coefficient (Wildman–Crippen LogP) is 2.71. The Hall–Kier alpha value is -2.83. The highest BCUT2D eigenvalue weighted by Gasteiger charge is 2.15. The quantitative estimate of drug-likeness (QED) is 0.641. The summed E-state index contributed by atoms with van der Waals surface area (Å²) in [6, 6.07) is 9.74. The average molecular weight is 274 g/mol. The van der Waals surface area contributed by atoms with Gasteiger partial charge in [-0.15, -0.1) is 0 Å². The van der Waals surface area contributed by atoms with Crippen molar-refractivity contribution >= 4 is 23.0 Å². The Morgan fingerprint density at radius 3 is 2.60 bits per heavy atom. The van der Waals surface area contributed by atoms with E-state index in [1.165, 1.54) is 12.1 Å². The van der Waals surface area contributed by atoms with Crippen molar-refractivity contribution in [2.75, 3.05) is 17.7 Å². The van der Waals surface area contributed by atoms with Gasteiger partial charge in [-0.3, -0.25) is 10.1 Å². The number of nitrogens with one attached hydrogen (secondary N) is 1. The van der Waals surface area contributed by atoms with Crippen LogP contribution in [0.1, 0.15) is 6.92 Å². The molecule has 7 nitrogen and oxygen atoms in total. The minimum atomic E-state index is -0.511. The highest BCUT2D eigenvalue weighted by molar-refractivity contribution is 5.67. The molecular weight excluding hydrogens is 260 g/mol. The molecule has 2 rings (SSSR count). The largest absolute Gasteiger partial charge is 0.494 e. The molecule has 3 N–H and O–H groups in total. The Kier molecular flexibility index (Phi) is 3.99. The summed E-state index contributed by atoms with van der Waals surface area (Å²) in [5, 5.41) is 13.8. The number of hydrogen-bond acceptors (Lipinski definition) is 6. The lowest BCUT2D eigenvalue weighted by Crippen LogP contribution is -2.02. The first kappa shape index (κ1) is 13.6. The maximum atomic E-state index is 10.9. The number of nitrogens with two attached hydrogens (primary N) is 1. The molecule has 0 saturated heterocycles. The van der Waals surface area contributed by atoms with Gasteiger partial charge in [0.1, 0.15) is 11.6 Å². The third-order valence-corrected chi connectivity index (χ3v) is 2.52. The molecule has 0 bridgehead atoms. The molecule has 0 amide bonds. The lowest BCUT2D eigenvalue weighted by Gasteiger charge is -2.08. The first-order valence-corrected chi connectivity index (χ1v) is 6.01. The summed E-state index contributed by atoms with van der Waals surface area (Å²) in [5.74, 6) is 1.05. The van der Waals surface area contributed by atoms with Gasteiger partial charge < -0.3 is 15.8 Å². The second-order valence-corrected chi connectivity index (χ2v) is 3.94. The summed E-state index contributed by atoms with van der Waals surface area (Å²) in [6.07, 6.45) is 0. The summed E-state index contributed by atoms with van der Waals surface area (Å²) in [4.78, 5) is 14.4. The van der Waals surface area contributed by atoms with E-state index in [4.69, 9.17) is 10.5 Å². The zero-order valence-corrected chi connectivity index (χ0v) is 10.9. The molecule has 7 heteroatoms. The second kappa shape index (κ2) is 5.87. The molecule has 2 aromatic rings. The van der Waals surface area contributed by atoms with Crippen LogP contribution < -0.4 is 15.8 Å². The van der Waals surface area contributed by atoms with E-state index in [-0.39, 0.29) is 17.3 Å². The van der Waals surface area contributed by atoms with Gasteiger partial charge in [0.15, 0.2) is 0 Å². The van der Waals surface area contributed by atoms with Crippen LogP contribution in [0.3, 0.4) is 0 Å². The van der Waals surface area contributed by atoms with E-state index in [0.717, 1.165) is 5.75 Å². The SMILES string of the molecule is CCOc1ccc(Nc2nc(N)ccc2[N+](=O)[O-])cc1. The number of nitrogens with zero attached hydrogens (tertiary/aromatic N) is 2. The van der Waals surface area contributed by atoms with Gasteiger partial charge in [-0.1, -0.05) is 0 Å². The van der Waals surface area contributed by atoms with Crippen LogP contribution in [0.15, 0.2) is 36.4 Å². The number of pyridine rings is 1. The lowest BCUT2D eigenvalue weighted by atomic mass is 10.3. The molecule has 0 aliphatic carbocycles. The minimum Gasteiger partial charge on any atom is -0.494 e. The van der Waals surface area contributed by atoms with Gasteiger partial charge in [-0.05, 0) is 37.3 Å². The molecule has 0 aliphatic heterocycles. The zero-order chi connectivity index (χ0) is 14.5. The molecule has 1 aromatic heterocycles. The zero-order valence-electron chi connectivity index (χ0n) is 10.9. The Morgan fingerprint density at radius 1 is 1.30 bits per heavy atom. The van der Waals surface area contributed by atoms with Crippen LogP contribution in [0.2, 0.25) is 0 Å². The van der Waals surface area contributed by atoms with Crippen molar-refractivity contribution in [2.45, 2.75) is 6.92 Å². The Morgan fingerprint density at radius 2 is 2.00 bits per heavy atom. The normalized spacial score (nSPS) is 10.1. The smallest absolute Gasteiger partial charge is 0.311 e. The number of nitrogen functional groups attached to an aromatic ring is 1. The molecule has 0 spiro atoms. The van der Waals surface area contributed by atoms with Gasteiger partial charge >= 0.3 is 5.69 Å². The first-order valence-electron chi connectivity index (χ1n) is 6.01. The molecule has 1 heterocycles. The molecular formula is C13H14N4O3. The molecule has 0 atom stereocenters. The number of nitro groups is 1. The number of rotatable bonds is 5. The van der Waals surface area contributed by atoms with E-state index < -0.39 is 4.92 Å². The summed E-state index contributed by atoms with van der Waals surface area (Å²) in [7, 11) is 0. The lowest BCUT2D eigenvalue weighted by molar-refractivity contribution is -0.384. The van der Waals surface area contributed by atoms with E-state index in [2.05, 4.69) is 10.3 Å². The number of anilines is 3. The van der Waals surface area contributed by atoms with Gasteiger partial charge in [0.05, 0.1) is 11.5 Å². The van der Waals surface area contributed by atoms with Crippen LogP contribution in [0.4, 0.5) is 23.0 Å². The monoisotopic (exact) mass is 274 g/mol. The average Bonchev–Trinajstić information content (AvgIpc) is 2.41. The standard InChI is InChI=1S/C13H14N4O3/c1-2-20-10-5-3-9(4-6-10)15-13-11(17(18)19)7-8-12(14)16-13/h3-8H,2H2,1H3,(H3,14,15,16). The number of ether oxygens (including phenoxy) is 1. The Labute approximate surface area is 115 Å². The van der Waals surface area contributed by atoms with Gasteiger partial charge in [-0.2, -0.15) is 0 Å². The van der Waals surface area contributed by atoms with E-state index in [9.17, 15) is 10.1 Å². The van der Waals surface area contributed by atoms with E-state index in [1.54, 1.807) is 24.3 Å². The third-order valence-electron chi connectivity index (χ3n) is 2.52. The fraction of sp³-hybridized carbons (Fsp3) is 0.154. The third kappa shape index (κ3) is 3.14. The number of hydrogen-bond donors (Lipinski definition) is 2. The van der Waals surface area contributed by atoms with Crippen LogP contribution in [0.25, 0.3) is 0 Å². The maximum Gasteiger partial charge on any atom is 0.311 e. The van der Waals surface area contributed by atoms with Crippen LogP contribution in [0, 0.1) is 10.1 Å². The van der Waals surface area contributed by atoms with Crippen LogP contribution in [-0.4, -0.2) is 16.5 Å². The summed E-state index contributed by atoms with van der Waals surface area (Å²) >= 11 is 0. The molecule has 20 heavy (non-hydrogen) atoms. The molecule has 104 valence electrons. The van der Waals surface area contributed by atoms with E-state index in [1.807, 2.05) is 6.92 Å². The molecule has 0 fully saturated rings. The number of benzene rings is 1. The highest BCUT2D eigenvalue weighted by atomic mass is 16.6. The maximum absolute atomic E-state index is 10.9. The van der Waals surface area contributed by atoms with Crippen molar-refractivity contribution in [2.24, 2.45) is 0 Å². The molecule has 0 radical (unpaired) electrons. The molecule has 0 saturated carbocycles. The predicted molar refractivity (Wildman–Crippen MR) is 76.2 cm³/mol. The van der Waals surface area contributed by atoms with Crippen molar-refractivity contribution in [1.82, 2.24) is 4.98 Å². The first-order chi connectivity index (χ1) is 9.60. The van der Waals surface area contributed by atoms with Crippen LogP contribution in [0.5, 0.6) is 5.75 Å². The summed E-state index contributed by atoms with van der Waals surface area (Å²) < 4.78 is 5.32. The van der Waals surface area contributed by atoms with Crippen LogP contribution >= 0.6 is 0 Å². The van der Waals surface area contributed by atoms with Crippen molar-refractivity contribution in [3.8, 4) is 5.75 Å². The van der Waals surface area contributed by atoms with Crippen molar-refractivity contribution in [1.29, 1.82) is 0 Å². The molecule has 1 aromatic carbocycles. The second-order valence-electron chi connectivity index (χ2n) is 3.94. The number of aromatic nitrogens is 1. The van der Waals surface area contributed by atoms with Crippen LogP contribution in [-0.2, 0) is 0 Å². The van der Waals surface area contributed by atoms with Crippen molar-refractivity contribution in [3.63, 3.8) is 0 Å². The fourth-order valence-corrected chi connectivity index (χ4v) is 1.64. The van der Waals surface area contributed by atoms with Gasteiger partial charge in [0, 0.05) is 11.8 Å². The van der Waals surface area contributed by atoms with Crippen molar-refractivity contribution in [3.05, 3.63) is 46.5 Å². The summed E-state index contributed by atoms with van der Waals surface area (Å²) in [6.45, 7) is 2.47. The fourth-order valence-electron chi connectivity index (χ4n) is 1.64. The Bertz CT molecular complexity index is 614. The van der Waals surface area contributed by atoms with E-state index >= 15 is 0 Å². The van der Waals surface area contributed by atoms with E-state index in [0.29, 0.717) is 12.3 Å². The van der Waals surface area contributed by atoms with Crippen molar-refractivity contribution < 1.29 is 9.66 Å². The van der Waals surface area contributed by atoms with Gasteiger partial charge in [0.2, 0.25) is 5.82 Å². The minimum absolute atomic E-state index is 0.110. The molecule has 0 aliphatic rings. The molecule has 0 unspecified atom stereocenters. The van der Waals surface area contributed by atoms with Gasteiger partial charge in [-0.25, -0.2) is 4.98 Å². The topological polar surface area (TPSA) is 103 Å². The Balaban J connectivity index is 2.25.